The number of rotatable bonds is 7. The molecule has 0 aliphatic carbocycles. The number of carboxylic acid groups (broad SMARTS) is 1. The van der Waals surface area contributed by atoms with Crippen LogP contribution in [0.4, 0.5) is 13.6 Å². The van der Waals surface area contributed by atoms with Gasteiger partial charge in [0, 0.05) is 18.6 Å². The molecule has 0 radical (unpaired) electrons. The zero-order valence-corrected chi connectivity index (χ0v) is 12.0. The summed E-state index contributed by atoms with van der Waals surface area (Å²) < 4.78 is 24.9. The van der Waals surface area contributed by atoms with Crippen molar-refractivity contribution in [3.05, 3.63) is 0 Å². The van der Waals surface area contributed by atoms with Crippen molar-refractivity contribution in [1.29, 1.82) is 0 Å². The molecule has 0 aromatic carbocycles. The third-order valence-electron chi connectivity index (χ3n) is 2.59. The van der Waals surface area contributed by atoms with Crippen molar-refractivity contribution < 1.29 is 28.6 Å². The molecule has 2 N–H and O–H groups in total. The zero-order chi connectivity index (χ0) is 15.9. The highest BCUT2D eigenvalue weighted by Gasteiger charge is 2.31. The average molecular weight is 296 g/mol. The maximum atomic E-state index is 12.5. The minimum Gasteiger partial charge on any atom is -0.481 e. The smallest absolute Gasteiger partial charge is 0.320 e. The summed E-state index contributed by atoms with van der Waals surface area (Å²) in [5.41, 5.74) is -0.706. The molecule has 0 aliphatic heterocycles. The Morgan fingerprint density at radius 1 is 1.20 bits per heavy atom. The zero-order valence-electron chi connectivity index (χ0n) is 12.0. The Hall–Kier alpha value is -1.44. The lowest BCUT2D eigenvalue weighted by atomic mass is 10.1. The number of nitrogens with zero attached hydrogens (tertiary/aromatic N) is 2. The molecular formula is C12H22F2N2O4. The molecule has 0 atom stereocenters. The molecule has 0 fully saturated rings. The summed E-state index contributed by atoms with van der Waals surface area (Å²) in [6.45, 7) is 3.53. The number of aliphatic hydroxyl groups is 1. The number of aliphatic hydroxyl groups excluding tert-OH is 1. The van der Waals surface area contributed by atoms with Gasteiger partial charge in [0.05, 0.1) is 19.6 Å². The van der Waals surface area contributed by atoms with Gasteiger partial charge in [-0.1, -0.05) is 0 Å². The van der Waals surface area contributed by atoms with Gasteiger partial charge in [0.2, 0.25) is 0 Å². The highest BCUT2D eigenvalue weighted by molar-refractivity contribution is 5.76. The largest absolute Gasteiger partial charge is 0.481 e. The van der Waals surface area contributed by atoms with Gasteiger partial charge >= 0.3 is 12.0 Å². The van der Waals surface area contributed by atoms with E-state index in [-0.39, 0.29) is 19.5 Å². The van der Waals surface area contributed by atoms with E-state index in [0.717, 1.165) is 4.90 Å². The first-order valence-electron chi connectivity index (χ1n) is 6.27. The fourth-order valence-electron chi connectivity index (χ4n) is 1.65. The Balaban J connectivity index is 5.01. The first-order valence-corrected chi connectivity index (χ1v) is 6.27. The van der Waals surface area contributed by atoms with Gasteiger partial charge in [-0.3, -0.25) is 4.79 Å². The standard InChI is InChI=1S/C12H22F2N2O4/c1-12(2,3)16(5-4-10(18)19)11(20)15(6-7-17)8-9(13)14/h9,17H,4-8H2,1-3H3,(H,18,19). The highest BCUT2D eigenvalue weighted by Crippen LogP contribution is 2.17. The van der Waals surface area contributed by atoms with Crippen LogP contribution in [0.5, 0.6) is 0 Å². The molecule has 2 amide bonds. The van der Waals surface area contributed by atoms with Crippen LogP contribution in [0.1, 0.15) is 27.2 Å². The van der Waals surface area contributed by atoms with Crippen LogP contribution >= 0.6 is 0 Å². The van der Waals surface area contributed by atoms with Crippen molar-refractivity contribution >= 4 is 12.0 Å². The Morgan fingerprint density at radius 2 is 1.75 bits per heavy atom. The van der Waals surface area contributed by atoms with E-state index < -0.39 is 37.1 Å². The molecule has 0 unspecified atom stereocenters. The Morgan fingerprint density at radius 3 is 2.10 bits per heavy atom. The monoisotopic (exact) mass is 296 g/mol. The lowest BCUT2D eigenvalue weighted by molar-refractivity contribution is -0.137. The lowest BCUT2D eigenvalue weighted by Crippen LogP contribution is -2.54. The van der Waals surface area contributed by atoms with Gasteiger partial charge in [-0.15, -0.1) is 0 Å². The molecule has 0 saturated carbocycles. The molecule has 8 heteroatoms. The van der Waals surface area contributed by atoms with Gasteiger partial charge in [-0.2, -0.15) is 0 Å². The highest BCUT2D eigenvalue weighted by atomic mass is 19.3. The van der Waals surface area contributed by atoms with Crippen LogP contribution in [0.25, 0.3) is 0 Å². The predicted molar refractivity (Wildman–Crippen MR) is 68.8 cm³/mol. The van der Waals surface area contributed by atoms with Gasteiger partial charge in [0.1, 0.15) is 0 Å². The van der Waals surface area contributed by atoms with Crippen LogP contribution in [0.15, 0.2) is 0 Å². The molecule has 0 spiro atoms. The van der Waals surface area contributed by atoms with Gasteiger partial charge in [0.25, 0.3) is 6.43 Å². The maximum absolute atomic E-state index is 12.5. The molecule has 0 bridgehead atoms. The molecule has 0 aromatic heterocycles. The Labute approximate surface area is 117 Å². The molecule has 20 heavy (non-hydrogen) atoms. The predicted octanol–water partition coefficient (Wildman–Crippen LogP) is 1.24. The number of halogens is 2. The van der Waals surface area contributed by atoms with E-state index in [2.05, 4.69) is 0 Å². The third kappa shape index (κ3) is 6.65. The number of alkyl halides is 2. The van der Waals surface area contributed by atoms with E-state index in [4.69, 9.17) is 10.2 Å². The van der Waals surface area contributed by atoms with E-state index in [1.807, 2.05) is 0 Å². The van der Waals surface area contributed by atoms with Crippen molar-refractivity contribution in [3.8, 4) is 0 Å². The summed E-state index contributed by atoms with van der Waals surface area (Å²) >= 11 is 0. The number of amides is 2. The van der Waals surface area contributed by atoms with Crippen LogP contribution < -0.4 is 0 Å². The molecule has 6 nitrogen and oxygen atoms in total. The van der Waals surface area contributed by atoms with E-state index >= 15 is 0 Å². The van der Waals surface area contributed by atoms with Crippen LogP contribution in [0.3, 0.4) is 0 Å². The molecular weight excluding hydrogens is 274 g/mol. The van der Waals surface area contributed by atoms with E-state index in [1.54, 1.807) is 20.8 Å². The van der Waals surface area contributed by atoms with Crippen LogP contribution in [-0.4, -0.2) is 70.2 Å². The molecule has 0 aromatic rings. The number of carboxylic acids is 1. The van der Waals surface area contributed by atoms with Crippen molar-refractivity contribution in [3.63, 3.8) is 0 Å². The number of aliphatic carboxylic acids is 1. The summed E-state index contributed by atoms with van der Waals surface area (Å²) in [6, 6.07) is -0.701. The quantitative estimate of drug-likeness (QED) is 0.740. The number of carbonyl (C=O) groups is 2. The van der Waals surface area contributed by atoms with Crippen LogP contribution in [-0.2, 0) is 4.79 Å². The van der Waals surface area contributed by atoms with Crippen molar-refractivity contribution in [2.24, 2.45) is 0 Å². The number of urea groups is 1. The summed E-state index contributed by atoms with van der Waals surface area (Å²) in [5.74, 6) is -1.07. The Bertz CT molecular complexity index is 332. The van der Waals surface area contributed by atoms with Crippen molar-refractivity contribution in [2.75, 3.05) is 26.2 Å². The second kappa shape index (κ2) is 7.98. The van der Waals surface area contributed by atoms with E-state index in [1.165, 1.54) is 4.90 Å². The average Bonchev–Trinajstić information content (AvgIpc) is 2.25. The first kappa shape index (κ1) is 18.6. The van der Waals surface area contributed by atoms with Gasteiger partial charge in [-0.25, -0.2) is 13.6 Å². The fourth-order valence-corrected chi connectivity index (χ4v) is 1.65. The minimum atomic E-state index is -2.72. The maximum Gasteiger partial charge on any atom is 0.320 e. The number of carbonyl (C=O) groups excluding carboxylic acids is 1. The summed E-state index contributed by atoms with van der Waals surface area (Å²) in [6.07, 6.45) is -2.99. The molecule has 0 rings (SSSR count). The second-order valence-electron chi connectivity index (χ2n) is 5.31. The molecule has 118 valence electrons. The summed E-state index contributed by atoms with van der Waals surface area (Å²) in [5, 5.41) is 17.5. The summed E-state index contributed by atoms with van der Waals surface area (Å²) in [4.78, 5) is 24.9. The fraction of sp³-hybridized carbons (Fsp3) is 0.833. The van der Waals surface area contributed by atoms with Gasteiger partial charge in [-0.05, 0) is 20.8 Å². The summed E-state index contributed by atoms with van der Waals surface area (Å²) in [7, 11) is 0. The third-order valence-corrected chi connectivity index (χ3v) is 2.59. The number of hydrogen-bond donors (Lipinski definition) is 2. The second-order valence-corrected chi connectivity index (χ2v) is 5.31. The molecule has 0 aliphatic rings. The van der Waals surface area contributed by atoms with Gasteiger partial charge < -0.3 is 20.0 Å². The lowest BCUT2D eigenvalue weighted by Gasteiger charge is -2.39. The first-order chi connectivity index (χ1) is 9.09. The SMILES string of the molecule is CC(C)(C)N(CCC(=O)O)C(=O)N(CCO)CC(F)F. The topological polar surface area (TPSA) is 81.1 Å². The van der Waals surface area contributed by atoms with Crippen molar-refractivity contribution in [1.82, 2.24) is 9.80 Å². The molecule has 0 saturated heterocycles. The van der Waals surface area contributed by atoms with E-state index in [0.29, 0.717) is 0 Å². The minimum absolute atomic E-state index is 0.0805. The Kier molecular flexibility index (Phi) is 7.41. The normalized spacial score (nSPS) is 11.6. The molecule has 0 heterocycles. The van der Waals surface area contributed by atoms with Crippen molar-refractivity contribution in [2.45, 2.75) is 39.2 Å². The van der Waals surface area contributed by atoms with E-state index in [9.17, 15) is 18.4 Å². The van der Waals surface area contributed by atoms with Crippen LogP contribution in [0.2, 0.25) is 0 Å². The van der Waals surface area contributed by atoms with Crippen LogP contribution in [0, 0.1) is 0 Å². The van der Waals surface area contributed by atoms with Gasteiger partial charge in [0.15, 0.2) is 0 Å². The number of hydrogen-bond acceptors (Lipinski definition) is 3.